The second-order valence-corrected chi connectivity index (χ2v) is 6.57. The molecule has 1 aromatic heterocycles. The number of aromatic nitrogens is 1. The second-order valence-electron chi connectivity index (χ2n) is 5.72. The summed E-state index contributed by atoms with van der Waals surface area (Å²) in [5.41, 5.74) is 8.30. The van der Waals surface area contributed by atoms with Crippen LogP contribution in [-0.4, -0.2) is 17.7 Å². The van der Waals surface area contributed by atoms with Crippen molar-refractivity contribution in [2.75, 3.05) is 6.61 Å². The van der Waals surface area contributed by atoms with Crippen molar-refractivity contribution in [1.82, 2.24) is 4.98 Å². The van der Waals surface area contributed by atoms with Gasteiger partial charge in [0.25, 0.3) is 0 Å². The van der Waals surface area contributed by atoms with Crippen molar-refractivity contribution in [3.8, 4) is 0 Å². The third kappa shape index (κ3) is 3.62. The molecule has 0 amide bonds. The Bertz CT molecular complexity index is 611. The van der Waals surface area contributed by atoms with Gasteiger partial charge in [0.05, 0.1) is 17.3 Å². The highest BCUT2D eigenvalue weighted by molar-refractivity contribution is 9.10. The minimum atomic E-state index is -0.0228. The summed E-state index contributed by atoms with van der Waals surface area (Å²) in [7, 11) is 0. The maximum atomic E-state index is 6.34. The van der Waals surface area contributed by atoms with Gasteiger partial charge in [-0.25, -0.2) is 4.98 Å². The number of pyridine rings is 1. The lowest BCUT2D eigenvalue weighted by molar-refractivity contribution is 0.101. The van der Waals surface area contributed by atoms with Crippen molar-refractivity contribution in [2.45, 2.75) is 44.2 Å². The van der Waals surface area contributed by atoms with Gasteiger partial charge < -0.3 is 10.5 Å². The number of nitrogens with two attached hydrogens (primary N) is 1. The van der Waals surface area contributed by atoms with E-state index in [0.29, 0.717) is 6.10 Å². The van der Waals surface area contributed by atoms with E-state index in [1.54, 1.807) is 0 Å². The van der Waals surface area contributed by atoms with E-state index in [9.17, 15) is 0 Å². The zero-order valence-electron chi connectivity index (χ0n) is 12.1. The maximum absolute atomic E-state index is 6.34. The first-order valence-corrected chi connectivity index (χ1v) is 8.46. The molecular formula is C17H21BrN2O. The molecule has 0 radical (unpaired) electrons. The minimum Gasteiger partial charge on any atom is -0.378 e. The van der Waals surface area contributed by atoms with Gasteiger partial charge in [0.2, 0.25) is 0 Å². The molecule has 0 saturated carbocycles. The molecule has 2 aromatic rings. The van der Waals surface area contributed by atoms with Gasteiger partial charge in [0.1, 0.15) is 0 Å². The third-order valence-electron chi connectivity index (χ3n) is 4.12. The van der Waals surface area contributed by atoms with E-state index in [1.165, 1.54) is 12.8 Å². The lowest BCUT2D eigenvalue weighted by atomic mass is 10.0. The highest BCUT2D eigenvalue weighted by Crippen LogP contribution is 2.28. The highest BCUT2D eigenvalue weighted by atomic mass is 79.9. The molecule has 0 spiro atoms. The van der Waals surface area contributed by atoms with Crippen LogP contribution < -0.4 is 5.73 Å². The fraction of sp³-hybridized carbons (Fsp3) is 0.471. The van der Waals surface area contributed by atoms with E-state index >= 15 is 0 Å². The number of halogens is 1. The topological polar surface area (TPSA) is 48.1 Å². The van der Waals surface area contributed by atoms with Gasteiger partial charge in [-0.1, -0.05) is 18.2 Å². The van der Waals surface area contributed by atoms with Gasteiger partial charge in [0, 0.05) is 22.5 Å². The first-order chi connectivity index (χ1) is 10.2. The Morgan fingerprint density at radius 3 is 3.05 bits per heavy atom. The van der Waals surface area contributed by atoms with Crippen LogP contribution in [0.15, 0.2) is 34.8 Å². The lowest BCUT2D eigenvalue weighted by Gasteiger charge is -2.15. The molecule has 2 N–H and O–H groups in total. The molecule has 1 saturated heterocycles. The van der Waals surface area contributed by atoms with Gasteiger partial charge in [-0.05, 0) is 60.2 Å². The van der Waals surface area contributed by atoms with E-state index in [1.807, 2.05) is 18.2 Å². The molecular weight excluding hydrogens is 328 g/mol. The van der Waals surface area contributed by atoms with Gasteiger partial charge in [-0.2, -0.15) is 0 Å². The van der Waals surface area contributed by atoms with Crippen LogP contribution in [0.25, 0.3) is 10.9 Å². The van der Waals surface area contributed by atoms with Gasteiger partial charge in [0.15, 0.2) is 0 Å². The molecule has 1 aliphatic heterocycles. The monoisotopic (exact) mass is 348 g/mol. The molecule has 1 aliphatic rings. The summed E-state index contributed by atoms with van der Waals surface area (Å²) in [6.07, 6.45) is 6.00. The maximum Gasteiger partial charge on any atom is 0.0720 e. The van der Waals surface area contributed by atoms with Crippen LogP contribution >= 0.6 is 15.9 Å². The van der Waals surface area contributed by atoms with Crippen molar-refractivity contribution in [3.05, 3.63) is 40.5 Å². The Hall–Kier alpha value is -0.970. The number of hydrogen-bond donors (Lipinski definition) is 1. The summed E-state index contributed by atoms with van der Waals surface area (Å²) in [6, 6.07) is 10.2. The third-order valence-corrected chi connectivity index (χ3v) is 4.76. The van der Waals surface area contributed by atoms with Gasteiger partial charge in [-0.15, -0.1) is 0 Å². The number of hydrogen-bond acceptors (Lipinski definition) is 3. The van der Waals surface area contributed by atoms with E-state index in [4.69, 9.17) is 15.5 Å². The molecule has 2 unspecified atom stereocenters. The van der Waals surface area contributed by atoms with Crippen LogP contribution in [-0.2, 0) is 4.74 Å². The summed E-state index contributed by atoms with van der Waals surface area (Å²) in [5.74, 6) is 0. The van der Waals surface area contributed by atoms with Crippen LogP contribution in [0, 0.1) is 0 Å². The standard InChI is InChI=1S/C17H21BrN2O/c18-14-11-12-5-1-2-9-16(12)20-17(14)15(19)8-3-6-13-7-4-10-21-13/h1-2,5,9,11,13,15H,3-4,6-8,10,19H2. The molecule has 2 atom stereocenters. The normalized spacial score (nSPS) is 20.0. The minimum absolute atomic E-state index is 0.0228. The Labute approximate surface area is 134 Å². The van der Waals surface area contributed by atoms with E-state index in [2.05, 4.69) is 28.1 Å². The second kappa shape index (κ2) is 6.86. The molecule has 1 aromatic carbocycles. The molecule has 21 heavy (non-hydrogen) atoms. The average Bonchev–Trinajstić information content (AvgIpc) is 2.99. The fourth-order valence-corrected chi connectivity index (χ4v) is 3.57. The van der Waals surface area contributed by atoms with Crippen LogP contribution in [0.3, 0.4) is 0 Å². The van der Waals surface area contributed by atoms with Crippen molar-refractivity contribution < 1.29 is 4.74 Å². The quantitative estimate of drug-likeness (QED) is 0.873. The molecule has 0 bridgehead atoms. The summed E-state index contributed by atoms with van der Waals surface area (Å²) in [5, 5.41) is 1.14. The zero-order valence-corrected chi connectivity index (χ0v) is 13.7. The first kappa shape index (κ1) is 14.9. The predicted octanol–water partition coefficient (Wildman–Crippen LogP) is 4.35. The van der Waals surface area contributed by atoms with Crippen molar-refractivity contribution in [3.63, 3.8) is 0 Å². The molecule has 112 valence electrons. The van der Waals surface area contributed by atoms with Crippen LogP contribution in [0.5, 0.6) is 0 Å². The zero-order chi connectivity index (χ0) is 14.7. The fourth-order valence-electron chi connectivity index (χ4n) is 2.94. The average molecular weight is 349 g/mol. The first-order valence-electron chi connectivity index (χ1n) is 7.66. The molecule has 1 fully saturated rings. The van der Waals surface area contributed by atoms with Crippen molar-refractivity contribution in [1.29, 1.82) is 0 Å². The molecule has 2 heterocycles. The Balaban J connectivity index is 1.65. The van der Waals surface area contributed by atoms with Crippen LogP contribution in [0.2, 0.25) is 0 Å². The summed E-state index contributed by atoms with van der Waals surface area (Å²) >= 11 is 3.61. The Morgan fingerprint density at radius 1 is 1.38 bits per heavy atom. The number of rotatable bonds is 5. The number of ether oxygens (including phenoxy) is 1. The predicted molar refractivity (Wildman–Crippen MR) is 89.2 cm³/mol. The number of fused-ring (bicyclic) bond motifs is 1. The summed E-state index contributed by atoms with van der Waals surface area (Å²) < 4.78 is 6.66. The van der Waals surface area contributed by atoms with E-state index in [-0.39, 0.29) is 6.04 Å². The van der Waals surface area contributed by atoms with Crippen LogP contribution in [0.4, 0.5) is 0 Å². The molecule has 3 rings (SSSR count). The number of nitrogens with zero attached hydrogens (tertiary/aromatic N) is 1. The lowest BCUT2D eigenvalue weighted by Crippen LogP contribution is -2.14. The smallest absolute Gasteiger partial charge is 0.0720 e. The van der Waals surface area contributed by atoms with Gasteiger partial charge in [-0.3, -0.25) is 0 Å². The number of benzene rings is 1. The number of para-hydroxylation sites is 1. The summed E-state index contributed by atoms with van der Waals surface area (Å²) in [6.45, 7) is 0.925. The van der Waals surface area contributed by atoms with Crippen LogP contribution in [0.1, 0.15) is 43.8 Å². The van der Waals surface area contributed by atoms with E-state index in [0.717, 1.165) is 46.9 Å². The SMILES string of the molecule is NC(CCCC1CCCO1)c1nc2ccccc2cc1Br. The van der Waals surface area contributed by atoms with E-state index < -0.39 is 0 Å². The Morgan fingerprint density at radius 2 is 2.24 bits per heavy atom. The van der Waals surface area contributed by atoms with Crippen molar-refractivity contribution in [2.24, 2.45) is 5.73 Å². The van der Waals surface area contributed by atoms with Gasteiger partial charge >= 0.3 is 0 Å². The highest BCUT2D eigenvalue weighted by Gasteiger charge is 2.17. The largest absolute Gasteiger partial charge is 0.378 e. The molecule has 4 heteroatoms. The Kier molecular flexibility index (Phi) is 4.88. The summed E-state index contributed by atoms with van der Waals surface area (Å²) in [4.78, 5) is 4.72. The molecule has 3 nitrogen and oxygen atoms in total. The van der Waals surface area contributed by atoms with Crippen molar-refractivity contribution >= 4 is 26.8 Å². The molecule has 0 aliphatic carbocycles.